The van der Waals surface area contributed by atoms with Gasteiger partial charge in [0.25, 0.3) is 0 Å². The van der Waals surface area contributed by atoms with Crippen molar-refractivity contribution in [2.24, 2.45) is 5.92 Å². The van der Waals surface area contributed by atoms with Crippen LogP contribution in [-0.2, 0) is 28.4 Å². The maximum absolute atomic E-state index is 13.1. The minimum atomic E-state index is -5.02. The van der Waals surface area contributed by atoms with Crippen molar-refractivity contribution in [1.82, 2.24) is 24.2 Å². The van der Waals surface area contributed by atoms with Crippen LogP contribution < -0.4 is 10.5 Å². The van der Waals surface area contributed by atoms with Gasteiger partial charge in [-0.3, -0.25) is 18.3 Å². The molecule has 2 unspecified atom stereocenters. The van der Waals surface area contributed by atoms with Gasteiger partial charge in [-0.2, -0.15) is 21.6 Å². The van der Waals surface area contributed by atoms with Crippen molar-refractivity contribution < 1.29 is 49.6 Å². The van der Waals surface area contributed by atoms with Crippen LogP contribution in [0, 0.1) is 5.92 Å². The van der Waals surface area contributed by atoms with Crippen LogP contribution in [0.3, 0.4) is 0 Å². The number of halogens is 3. The molecule has 4 N–H and O–H groups in total. The molecule has 0 radical (unpaired) electrons. The van der Waals surface area contributed by atoms with Gasteiger partial charge in [0, 0.05) is 29.9 Å². The Kier molecular flexibility index (Phi) is 10.7. The number of Topliss-reactive ketones (excluding diaryl/α,β-unsaturated/α-hetero) is 1. The van der Waals surface area contributed by atoms with Crippen LogP contribution >= 0.6 is 0 Å². The van der Waals surface area contributed by atoms with Crippen molar-refractivity contribution >= 4 is 47.3 Å². The first-order chi connectivity index (χ1) is 22.1. The van der Waals surface area contributed by atoms with Gasteiger partial charge >= 0.3 is 16.5 Å². The molecule has 0 bridgehead atoms. The molecule has 19 heteroatoms. The van der Waals surface area contributed by atoms with E-state index in [1.165, 1.54) is 24.8 Å². The Bertz CT molecular complexity index is 1770. The number of rotatable bonds is 12. The zero-order valence-electron chi connectivity index (χ0n) is 27.2. The molecule has 264 valence electrons. The predicted molar refractivity (Wildman–Crippen MR) is 169 cm³/mol. The molecule has 48 heavy (non-hydrogen) atoms. The number of fused-ring (bicyclic) bond motifs is 1. The summed E-state index contributed by atoms with van der Waals surface area (Å²) in [7, 11) is -7.10. The van der Waals surface area contributed by atoms with Gasteiger partial charge < -0.3 is 20.0 Å². The molecule has 1 saturated heterocycles. The number of aliphatic hydroxyl groups is 1. The topological polar surface area (TPSA) is 198 Å². The number of aromatic nitrogens is 4. The summed E-state index contributed by atoms with van der Waals surface area (Å²) in [4.78, 5) is 37.7. The number of carbonyl (C=O) groups excluding carboxylic acids is 2. The van der Waals surface area contributed by atoms with Crippen molar-refractivity contribution in [3.8, 4) is 0 Å². The highest BCUT2D eigenvalue weighted by Crippen LogP contribution is 2.44. The van der Waals surface area contributed by atoms with Gasteiger partial charge in [-0.15, -0.1) is 0 Å². The molecule has 1 aromatic carbocycles. The van der Waals surface area contributed by atoms with E-state index in [0.717, 1.165) is 12.1 Å². The van der Waals surface area contributed by atoms with E-state index in [-0.39, 0.29) is 10.9 Å². The van der Waals surface area contributed by atoms with Crippen molar-refractivity contribution in [3.05, 3.63) is 48.0 Å². The van der Waals surface area contributed by atoms with E-state index < -0.39 is 97.5 Å². The second-order valence-electron chi connectivity index (χ2n) is 13.1. The number of anilines is 1. The van der Waals surface area contributed by atoms with Crippen molar-refractivity contribution in [2.45, 2.75) is 89.4 Å². The number of benzene rings is 1. The minimum Gasteiger partial charge on any atom is -0.409 e. The SMILES string of the molecule is C[C@H]1C(O[Si](C)(C)C(C)(C)C)[C@H](n2cnc3c(N)ncnc32)O[C@@H]1COS(=O)(=O)NC(=O)CCC(=O)c1ccccc1C(O)C(F)(F)F. The smallest absolute Gasteiger partial charge is 0.409 e. The lowest BCUT2D eigenvalue weighted by Gasteiger charge is -2.40. The number of nitrogens with one attached hydrogen (secondary N) is 1. The predicted octanol–water partition coefficient (Wildman–Crippen LogP) is 3.97. The lowest BCUT2D eigenvalue weighted by molar-refractivity contribution is -0.206. The maximum atomic E-state index is 13.1. The lowest BCUT2D eigenvalue weighted by atomic mass is 9.96. The molecular weight excluding hydrogens is 678 g/mol. The summed E-state index contributed by atoms with van der Waals surface area (Å²) in [5.74, 6) is -2.28. The zero-order valence-corrected chi connectivity index (χ0v) is 29.0. The number of hydrogen-bond acceptors (Lipinski definition) is 12. The highest BCUT2D eigenvalue weighted by molar-refractivity contribution is 7.85. The number of alkyl halides is 3. The number of imidazole rings is 1. The van der Waals surface area contributed by atoms with Crippen LogP contribution in [0.2, 0.25) is 18.1 Å². The Morgan fingerprint density at radius 3 is 2.46 bits per heavy atom. The van der Waals surface area contributed by atoms with Crippen LogP contribution in [0.1, 0.15) is 68.8 Å². The van der Waals surface area contributed by atoms with Gasteiger partial charge in [0.05, 0.1) is 25.1 Å². The molecule has 0 saturated carbocycles. The zero-order chi connectivity index (χ0) is 35.8. The Balaban J connectivity index is 1.43. The van der Waals surface area contributed by atoms with Gasteiger partial charge in [-0.05, 0) is 18.1 Å². The monoisotopic (exact) mass is 716 g/mol. The third-order valence-corrected chi connectivity index (χ3v) is 14.1. The van der Waals surface area contributed by atoms with Gasteiger partial charge in [0.1, 0.15) is 11.8 Å². The summed E-state index contributed by atoms with van der Waals surface area (Å²) >= 11 is 0. The number of nitrogens with two attached hydrogens (primary N) is 1. The second-order valence-corrected chi connectivity index (χ2v) is 19.2. The fourth-order valence-electron chi connectivity index (χ4n) is 4.91. The average Bonchev–Trinajstić information content (AvgIpc) is 3.54. The van der Waals surface area contributed by atoms with Gasteiger partial charge in [-0.25, -0.2) is 19.7 Å². The molecule has 3 heterocycles. The van der Waals surface area contributed by atoms with E-state index in [9.17, 15) is 36.3 Å². The van der Waals surface area contributed by atoms with Crippen molar-refractivity contribution in [2.75, 3.05) is 12.3 Å². The summed E-state index contributed by atoms with van der Waals surface area (Å²) in [5, 5.41) is 9.46. The number of hydrogen-bond donors (Lipinski definition) is 3. The lowest BCUT2D eigenvalue weighted by Crippen LogP contribution is -2.47. The molecule has 4 rings (SSSR count). The quantitative estimate of drug-likeness (QED) is 0.180. The van der Waals surface area contributed by atoms with Crippen LogP contribution in [-0.4, -0.2) is 78.0 Å². The highest BCUT2D eigenvalue weighted by atomic mass is 32.2. The molecule has 14 nitrogen and oxygen atoms in total. The second kappa shape index (κ2) is 13.8. The van der Waals surface area contributed by atoms with E-state index in [0.29, 0.717) is 11.2 Å². The van der Waals surface area contributed by atoms with E-state index in [2.05, 4.69) is 48.8 Å². The third kappa shape index (κ3) is 8.20. The Morgan fingerprint density at radius 1 is 1.15 bits per heavy atom. The van der Waals surface area contributed by atoms with E-state index in [1.807, 2.05) is 6.92 Å². The van der Waals surface area contributed by atoms with E-state index >= 15 is 0 Å². The summed E-state index contributed by atoms with van der Waals surface area (Å²) < 4.78 is 86.1. The summed E-state index contributed by atoms with van der Waals surface area (Å²) in [5.41, 5.74) is 5.59. The molecule has 5 atom stereocenters. The first-order valence-corrected chi connectivity index (χ1v) is 19.3. The molecular formula is C29H39F3N6O8SSi. The number of nitrogens with zero attached hydrogens (tertiary/aromatic N) is 4. The molecule has 1 amide bonds. The first-order valence-electron chi connectivity index (χ1n) is 15.0. The van der Waals surface area contributed by atoms with Crippen molar-refractivity contribution in [1.29, 1.82) is 0 Å². The number of ether oxygens (including phenoxy) is 1. The summed E-state index contributed by atoms with van der Waals surface area (Å²) in [6.45, 7) is 11.7. The number of ketones is 1. The third-order valence-electron chi connectivity index (χ3n) is 8.67. The van der Waals surface area contributed by atoms with Crippen LogP contribution in [0.15, 0.2) is 36.9 Å². The summed E-state index contributed by atoms with van der Waals surface area (Å²) in [6.07, 6.45) is -8.71. The number of nitrogen functional groups attached to an aromatic ring is 1. The van der Waals surface area contributed by atoms with Gasteiger partial charge in [0.2, 0.25) is 5.91 Å². The van der Waals surface area contributed by atoms with E-state index in [1.54, 1.807) is 9.29 Å². The van der Waals surface area contributed by atoms with Gasteiger partial charge in [0.15, 0.2) is 37.9 Å². The Morgan fingerprint density at radius 2 is 1.81 bits per heavy atom. The molecule has 2 aromatic heterocycles. The standard InChI is InChI=1S/C29H39F3N6O8SSi/c1-16-20(45-27(23(16)46-48(5,6)28(2,3)4)38-15-36-22-25(33)34-14-35-26(22)38)13-44-47(42,43)37-21(40)12-11-19(39)17-9-7-8-10-18(17)24(41)29(30,31)32/h7-10,14-16,20,23-24,27,41H,11-13H2,1-6H3,(H,37,40)(H2,33,34,35)/t16-,20-,23?,24?,27-/m1/s1. The average molecular weight is 717 g/mol. The Labute approximate surface area is 276 Å². The fourth-order valence-corrected chi connectivity index (χ4v) is 7.03. The molecule has 1 fully saturated rings. The number of carbonyl (C=O) groups is 2. The van der Waals surface area contributed by atoms with Crippen LogP contribution in [0.5, 0.6) is 0 Å². The molecule has 1 aliphatic heterocycles. The molecule has 3 aromatic rings. The number of aliphatic hydroxyl groups excluding tert-OH is 1. The largest absolute Gasteiger partial charge is 0.418 e. The molecule has 1 aliphatic rings. The molecule has 0 spiro atoms. The highest BCUT2D eigenvalue weighted by Gasteiger charge is 2.50. The Hall–Kier alpha value is -3.49. The number of amides is 1. The molecule has 0 aliphatic carbocycles. The normalized spacial score (nSPS) is 21.4. The van der Waals surface area contributed by atoms with Crippen LogP contribution in [0.25, 0.3) is 11.2 Å². The summed E-state index contributed by atoms with van der Waals surface area (Å²) in [6, 6.07) is 4.55. The fraction of sp³-hybridized carbons (Fsp3) is 0.552. The maximum Gasteiger partial charge on any atom is 0.418 e. The van der Waals surface area contributed by atoms with E-state index in [4.69, 9.17) is 19.1 Å². The minimum absolute atomic E-state index is 0.165. The first kappa shape index (κ1) is 37.3. The van der Waals surface area contributed by atoms with Crippen LogP contribution in [0.4, 0.5) is 19.0 Å². The van der Waals surface area contributed by atoms with Gasteiger partial charge in [-0.1, -0.05) is 52.0 Å². The van der Waals surface area contributed by atoms with Crippen molar-refractivity contribution in [3.63, 3.8) is 0 Å².